The van der Waals surface area contributed by atoms with Gasteiger partial charge in [0.2, 0.25) is 0 Å². The summed E-state index contributed by atoms with van der Waals surface area (Å²) in [7, 11) is 0. The molecule has 2 atom stereocenters. The Balaban J connectivity index is 1.74. The van der Waals surface area contributed by atoms with Crippen molar-refractivity contribution in [1.29, 1.82) is 0 Å². The lowest BCUT2D eigenvalue weighted by Crippen LogP contribution is -2.27. The minimum Gasteiger partial charge on any atom is -0.307 e. The molecule has 0 spiro atoms. The maximum Gasteiger partial charge on any atom is 0.153 e. The molecule has 0 saturated carbocycles. The largest absolute Gasteiger partial charge is 0.307 e. The van der Waals surface area contributed by atoms with Crippen molar-refractivity contribution in [1.82, 2.24) is 20.5 Å². The Labute approximate surface area is 109 Å². The van der Waals surface area contributed by atoms with E-state index in [9.17, 15) is 0 Å². The molecule has 2 unspecified atom stereocenters. The Morgan fingerprint density at radius 2 is 2.28 bits per heavy atom. The lowest BCUT2D eigenvalue weighted by molar-refractivity contribution is 0.438. The molecule has 0 saturated heterocycles. The molecule has 4 heteroatoms. The maximum absolute atomic E-state index is 4.47. The van der Waals surface area contributed by atoms with E-state index < -0.39 is 0 Å². The van der Waals surface area contributed by atoms with Crippen LogP contribution in [-0.4, -0.2) is 21.2 Å². The van der Waals surface area contributed by atoms with Gasteiger partial charge in [0.15, 0.2) is 5.82 Å². The van der Waals surface area contributed by atoms with Crippen LogP contribution >= 0.6 is 0 Å². The lowest BCUT2D eigenvalue weighted by atomic mass is 10.0. The van der Waals surface area contributed by atoms with E-state index >= 15 is 0 Å². The maximum atomic E-state index is 4.47. The predicted molar refractivity (Wildman–Crippen MR) is 73.3 cm³/mol. The first-order valence-electron chi connectivity index (χ1n) is 6.96. The first kappa shape index (κ1) is 13.3. The minimum absolute atomic E-state index is 0.385. The zero-order valence-electron chi connectivity index (χ0n) is 11.6. The first-order chi connectivity index (χ1) is 8.65. The Hall–Kier alpha value is -1.16. The molecule has 0 fully saturated rings. The van der Waals surface area contributed by atoms with Crippen molar-refractivity contribution in [2.24, 2.45) is 5.92 Å². The van der Waals surface area contributed by atoms with Crippen LogP contribution < -0.4 is 5.32 Å². The zero-order chi connectivity index (χ0) is 13.0. The van der Waals surface area contributed by atoms with E-state index in [4.69, 9.17) is 0 Å². The highest BCUT2D eigenvalue weighted by Gasteiger charge is 2.14. The summed E-state index contributed by atoms with van der Waals surface area (Å²) < 4.78 is 0. The molecule has 18 heavy (non-hydrogen) atoms. The van der Waals surface area contributed by atoms with Gasteiger partial charge in [0.1, 0.15) is 5.82 Å². The quantitative estimate of drug-likeness (QED) is 0.761. The highest BCUT2D eigenvalue weighted by molar-refractivity contribution is 4.98. The van der Waals surface area contributed by atoms with Crippen LogP contribution in [0.1, 0.15) is 57.6 Å². The third-order valence-corrected chi connectivity index (χ3v) is 3.45. The molecule has 2 rings (SSSR count). The molecule has 0 radical (unpaired) electrons. The van der Waals surface area contributed by atoms with Crippen molar-refractivity contribution in [3.05, 3.63) is 23.8 Å². The number of nitrogens with one attached hydrogen (secondary N) is 2. The van der Waals surface area contributed by atoms with Crippen LogP contribution in [0.2, 0.25) is 0 Å². The summed E-state index contributed by atoms with van der Waals surface area (Å²) in [6.07, 6.45) is 8.41. The van der Waals surface area contributed by atoms with Gasteiger partial charge < -0.3 is 5.32 Å². The van der Waals surface area contributed by atoms with Gasteiger partial charge in [-0.2, -0.15) is 5.10 Å². The number of allylic oxidation sites excluding steroid dienone is 2. The average molecular weight is 248 g/mol. The van der Waals surface area contributed by atoms with E-state index in [0.717, 1.165) is 24.1 Å². The van der Waals surface area contributed by atoms with E-state index in [1.807, 2.05) is 0 Å². The Morgan fingerprint density at radius 3 is 2.89 bits per heavy atom. The van der Waals surface area contributed by atoms with Crippen molar-refractivity contribution < 1.29 is 0 Å². The van der Waals surface area contributed by atoms with Gasteiger partial charge in [0.25, 0.3) is 0 Å². The van der Waals surface area contributed by atoms with Crippen LogP contribution in [-0.2, 0) is 6.54 Å². The number of rotatable bonds is 6. The predicted octanol–water partition coefficient (Wildman–Crippen LogP) is 2.76. The van der Waals surface area contributed by atoms with E-state index in [-0.39, 0.29) is 0 Å². The van der Waals surface area contributed by atoms with Crippen LogP contribution in [0.5, 0.6) is 0 Å². The minimum atomic E-state index is 0.385. The zero-order valence-corrected chi connectivity index (χ0v) is 11.6. The van der Waals surface area contributed by atoms with Gasteiger partial charge in [-0.15, -0.1) is 0 Å². The molecule has 0 bridgehead atoms. The molecule has 1 aliphatic rings. The van der Waals surface area contributed by atoms with E-state index in [1.165, 1.54) is 19.3 Å². The molecular weight excluding hydrogens is 224 g/mol. The van der Waals surface area contributed by atoms with E-state index in [2.05, 4.69) is 53.4 Å². The number of hydrogen-bond donors (Lipinski definition) is 2. The molecule has 1 heterocycles. The lowest BCUT2D eigenvalue weighted by Gasteiger charge is -2.16. The van der Waals surface area contributed by atoms with Crippen molar-refractivity contribution >= 4 is 0 Å². The Bertz CT molecular complexity index is 394. The summed E-state index contributed by atoms with van der Waals surface area (Å²) in [5.41, 5.74) is 0. The van der Waals surface area contributed by atoms with Gasteiger partial charge in [-0.3, -0.25) is 5.10 Å². The van der Waals surface area contributed by atoms with Crippen molar-refractivity contribution in [2.45, 2.75) is 58.5 Å². The third-order valence-electron chi connectivity index (χ3n) is 3.45. The van der Waals surface area contributed by atoms with Crippen LogP contribution in [0.4, 0.5) is 0 Å². The normalized spacial score (nSPS) is 20.8. The molecule has 0 amide bonds. The SMILES string of the molecule is CC(CC1C=CCC1)NCc1nc(C(C)C)n[nH]1. The number of aromatic amines is 1. The molecule has 1 aromatic rings. The summed E-state index contributed by atoms with van der Waals surface area (Å²) in [6, 6.07) is 0.519. The second-order valence-corrected chi connectivity index (χ2v) is 5.58. The summed E-state index contributed by atoms with van der Waals surface area (Å²) in [6.45, 7) is 7.23. The van der Waals surface area contributed by atoms with Crippen LogP contribution in [0.15, 0.2) is 12.2 Å². The third kappa shape index (κ3) is 3.67. The standard InChI is InChI=1S/C14H24N4/c1-10(2)14-16-13(17-18-14)9-15-11(3)8-12-6-4-5-7-12/h4,6,10-12,15H,5,7-9H2,1-3H3,(H,16,17,18). The molecule has 0 aliphatic heterocycles. The number of hydrogen-bond acceptors (Lipinski definition) is 3. The summed E-state index contributed by atoms with van der Waals surface area (Å²) in [4.78, 5) is 4.47. The smallest absolute Gasteiger partial charge is 0.153 e. The van der Waals surface area contributed by atoms with Crippen molar-refractivity contribution in [3.8, 4) is 0 Å². The fourth-order valence-electron chi connectivity index (χ4n) is 2.35. The monoisotopic (exact) mass is 248 g/mol. The second-order valence-electron chi connectivity index (χ2n) is 5.58. The van der Waals surface area contributed by atoms with Gasteiger partial charge in [-0.25, -0.2) is 4.98 Å². The van der Waals surface area contributed by atoms with Crippen LogP contribution in [0, 0.1) is 5.92 Å². The second kappa shape index (κ2) is 6.14. The summed E-state index contributed by atoms with van der Waals surface area (Å²) in [5.74, 6) is 2.98. The van der Waals surface area contributed by atoms with E-state index in [0.29, 0.717) is 12.0 Å². The van der Waals surface area contributed by atoms with Crippen molar-refractivity contribution in [3.63, 3.8) is 0 Å². The van der Waals surface area contributed by atoms with Gasteiger partial charge in [0.05, 0.1) is 6.54 Å². The number of aromatic nitrogens is 3. The summed E-state index contributed by atoms with van der Waals surface area (Å²) in [5, 5.41) is 10.7. The topological polar surface area (TPSA) is 53.6 Å². The van der Waals surface area contributed by atoms with Gasteiger partial charge in [-0.1, -0.05) is 26.0 Å². The fraction of sp³-hybridized carbons (Fsp3) is 0.714. The van der Waals surface area contributed by atoms with Crippen LogP contribution in [0.3, 0.4) is 0 Å². The molecule has 2 N–H and O–H groups in total. The first-order valence-corrected chi connectivity index (χ1v) is 6.96. The number of H-pyrrole nitrogens is 1. The number of nitrogens with zero attached hydrogens (tertiary/aromatic N) is 2. The van der Waals surface area contributed by atoms with Crippen LogP contribution in [0.25, 0.3) is 0 Å². The van der Waals surface area contributed by atoms with Gasteiger partial charge >= 0.3 is 0 Å². The Kier molecular flexibility index (Phi) is 4.53. The van der Waals surface area contributed by atoms with Crippen molar-refractivity contribution in [2.75, 3.05) is 0 Å². The highest BCUT2D eigenvalue weighted by atomic mass is 15.2. The molecule has 0 aromatic carbocycles. The summed E-state index contributed by atoms with van der Waals surface area (Å²) >= 11 is 0. The fourth-order valence-corrected chi connectivity index (χ4v) is 2.35. The average Bonchev–Trinajstić information content (AvgIpc) is 2.96. The molecule has 1 aromatic heterocycles. The molecule has 1 aliphatic carbocycles. The highest BCUT2D eigenvalue weighted by Crippen LogP contribution is 2.21. The van der Waals surface area contributed by atoms with Gasteiger partial charge in [-0.05, 0) is 32.1 Å². The molecule has 4 nitrogen and oxygen atoms in total. The molecular formula is C14H24N4. The van der Waals surface area contributed by atoms with Gasteiger partial charge in [0, 0.05) is 12.0 Å². The Morgan fingerprint density at radius 1 is 1.44 bits per heavy atom. The van der Waals surface area contributed by atoms with E-state index in [1.54, 1.807) is 0 Å². The molecule has 100 valence electrons.